The van der Waals surface area contributed by atoms with Crippen molar-refractivity contribution in [3.63, 3.8) is 0 Å². The predicted molar refractivity (Wildman–Crippen MR) is 93.7 cm³/mol. The van der Waals surface area contributed by atoms with Crippen molar-refractivity contribution in [2.24, 2.45) is 10.2 Å². The molecule has 0 amide bonds. The van der Waals surface area contributed by atoms with Crippen molar-refractivity contribution in [2.45, 2.75) is 6.54 Å². The number of aliphatic carboxylic acids is 1. The first-order valence-corrected chi connectivity index (χ1v) is 7.98. The van der Waals surface area contributed by atoms with Crippen molar-refractivity contribution in [3.8, 4) is 0 Å². The number of benzene rings is 2. The maximum absolute atomic E-state index is 11.1. The van der Waals surface area contributed by atoms with Crippen LogP contribution < -0.4 is 4.80 Å². The number of carbonyl (C=O) groups is 1. The fourth-order valence-electron chi connectivity index (χ4n) is 2.21. The summed E-state index contributed by atoms with van der Waals surface area (Å²) in [4.78, 5) is 21.7. The van der Waals surface area contributed by atoms with Crippen molar-refractivity contribution in [3.05, 3.63) is 69.0 Å². The molecule has 1 N–H and O–H groups in total. The summed E-state index contributed by atoms with van der Waals surface area (Å²) in [5, 5.41) is 27.8. The molecule has 1 aromatic heterocycles. The van der Waals surface area contributed by atoms with E-state index in [1.54, 1.807) is 16.7 Å². The van der Waals surface area contributed by atoms with Gasteiger partial charge in [0.1, 0.15) is 6.54 Å². The number of nitro benzene ring substituents is 1. The van der Waals surface area contributed by atoms with Crippen LogP contribution in [0.1, 0.15) is 5.56 Å². The number of rotatable bonds is 5. The lowest BCUT2D eigenvalue weighted by Crippen LogP contribution is -2.19. The number of carboxylic acids is 1. The van der Waals surface area contributed by atoms with Gasteiger partial charge >= 0.3 is 5.97 Å². The van der Waals surface area contributed by atoms with E-state index in [4.69, 9.17) is 5.11 Å². The fraction of sp³-hybridized carbons (Fsp3) is 0.0625. The summed E-state index contributed by atoms with van der Waals surface area (Å²) in [5.74, 6) is -0.968. The van der Waals surface area contributed by atoms with Crippen LogP contribution in [0.2, 0.25) is 0 Å². The van der Waals surface area contributed by atoms with E-state index in [-0.39, 0.29) is 12.2 Å². The third-order valence-electron chi connectivity index (χ3n) is 3.34. The zero-order valence-electron chi connectivity index (χ0n) is 12.8. The molecule has 0 fully saturated rings. The smallest absolute Gasteiger partial charge is 0.323 e. The molecule has 0 radical (unpaired) electrons. The van der Waals surface area contributed by atoms with Crippen LogP contribution in [0, 0.1) is 10.1 Å². The Balaban J connectivity index is 1.95. The highest BCUT2D eigenvalue weighted by molar-refractivity contribution is 7.16. The number of para-hydroxylation sites is 1. The third kappa shape index (κ3) is 3.78. The first-order valence-electron chi connectivity index (χ1n) is 7.16. The SMILES string of the molecule is O=C(O)Cn1/c(=N\N=C/c2ccc([N+](=O)[O-])cc2)sc2ccccc21. The molecular weight excluding hydrogens is 344 g/mol. The van der Waals surface area contributed by atoms with Gasteiger partial charge in [-0.05, 0) is 29.8 Å². The Kier molecular flexibility index (Phi) is 4.66. The van der Waals surface area contributed by atoms with E-state index in [0.717, 1.165) is 10.2 Å². The highest BCUT2D eigenvalue weighted by Gasteiger charge is 2.08. The second kappa shape index (κ2) is 7.05. The number of non-ortho nitro benzene ring substituents is 1. The maximum Gasteiger partial charge on any atom is 0.323 e. The minimum atomic E-state index is -0.968. The number of aromatic nitrogens is 1. The summed E-state index contributed by atoms with van der Waals surface area (Å²) in [6.07, 6.45) is 1.46. The lowest BCUT2D eigenvalue weighted by molar-refractivity contribution is -0.384. The summed E-state index contributed by atoms with van der Waals surface area (Å²) >= 11 is 1.34. The van der Waals surface area contributed by atoms with Crippen LogP contribution in [-0.4, -0.2) is 26.8 Å². The van der Waals surface area contributed by atoms with Crippen LogP contribution in [0.3, 0.4) is 0 Å². The highest BCUT2D eigenvalue weighted by Crippen LogP contribution is 2.16. The molecule has 0 saturated carbocycles. The molecule has 0 bridgehead atoms. The zero-order valence-corrected chi connectivity index (χ0v) is 13.6. The minimum absolute atomic E-state index is 0.00195. The van der Waals surface area contributed by atoms with Crippen LogP contribution in [0.5, 0.6) is 0 Å². The highest BCUT2D eigenvalue weighted by atomic mass is 32.1. The van der Waals surface area contributed by atoms with E-state index < -0.39 is 10.9 Å². The second-order valence-electron chi connectivity index (χ2n) is 5.03. The molecule has 126 valence electrons. The van der Waals surface area contributed by atoms with Gasteiger partial charge in [-0.3, -0.25) is 14.9 Å². The third-order valence-corrected chi connectivity index (χ3v) is 4.39. The molecular formula is C16H12N4O4S. The van der Waals surface area contributed by atoms with E-state index in [9.17, 15) is 14.9 Å². The molecule has 0 unspecified atom stereocenters. The number of nitro groups is 1. The molecule has 0 aliphatic rings. The van der Waals surface area contributed by atoms with Gasteiger partial charge in [-0.15, -0.1) is 5.10 Å². The van der Waals surface area contributed by atoms with Gasteiger partial charge in [-0.2, -0.15) is 5.10 Å². The number of carboxylic acid groups (broad SMARTS) is 1. The molecule has 0 spiro atoms. The molecule has 8 nitrogen and oxygen atoms in total. The number of thiazole rings is 1. The molecule has 0 aliphatic carbocycles. The van der Waals surface area contributed by atoms with Crippen LogP contribution in [0.25, 0.3) is 10.2 Å². The summed E-state index contributed by atoms with van der Waals surface area (Å²) in [5.41, 5.74) is 1.43. The van der Waals surface area contributed by atoms with E-state index in [1.807, 2.05) is 24.3 Å². The van der Waals surface area contributed by atoms with E-state index in [2.05, 4.69) is 10.2 Å². The van der Waals surface area contributed by atoms with Gasteiger partial charge in [0.05, 0.1) is 21.4 Å². The topological polar surface area (TPSA) is 110 Å². The molecule has 0 saturated heterocycles. The summed E-state index contributed by atoms with van der Waals surface area (Å²) in [6, 6.07) is 13.3. The Morgan fingerprint density at radius 2 is 1.96 bits per heavy atom. The van der Waals surface area contributed by atoms with Crippen LogP contribution in [0.15, 0.2) is 58.7 Å². The standard InChI is InChI=1S/C16H12N4O4S/c21-15(22)10-19-13-3-1-2-4-14(13)25-16(19)18-17-9-11-5-7-12(8-6-11)20(23)24/h1-9H,10H2,(H,21,22)/b17-9-,18-16+. The van der Waals surface area contributed by atoms with Crippen molar-refractivity contribution < 1.29 is 14.8 Å². The molecule has 25 heavy (non-hydrogen) atoms. The first-order chi connectivity index (χ1) is 12.0. The minimum Gasteiger partial charge on any atom is -0.480 e. The molecule has 1 heterocycles. The maximum atomic E-state index is 11.1. The first kappa shape index (κ1) is 16.5. The van der Waals surface area contributed by atoms with Gasteiger partial charge in [0.2, 0.25) is 4.80 Å². The van der Waals surface area contributed by atoms with Crippen LogP contribution in [0.4, 0.5) is 5.69 Å². The average molecular weight is 356 g/mol. The van der Waals surface area contributed by atoms with E-state index in [0.29, 0.717) is 10.4 Å². The lowest BCUT2D eigenvalue weighted by Gasteiger charge is -1.99. The van der Waals surface area contributed by atoms with E-state index in [1.165, 1.54) is 29.7 Å². The second-order valence-corrected chi connectivity index (χ2v) is 6.03. The lowest BCUT2D eigenvalue weighted by atomic mass is 10.2. The van der Waals surface area contributed by atoms with Crippen molar-refractivity contribution in [1.29, 1.82) is 0 Å². The van der Waals surface area contributed by atoms with E-state index >= 15 is 0 Å². The molecule has 2 aromatic carbocycles. The monoisotopic (exact) mass is 356 g/mol. The fourth-order valence-corrected chi connectivity index (χ4v) is 3.20. The number of hydrogen-bond donors (Lipinski definition) is 1. The molecule has 9 heteroatoms. The Morgan fingerprint density at radius 3 is 2.64 bits per heavy atom. The Morgan fingerprint density at radius 1 is 1.24 bits per heavy atom. The Bertz CT molecular complexity index is 1030. The van der Waals surface area contributed by atoms with Crippen molar-refractivity contribution in [1.82, 2.24) is 4.57 Å². The Labute approximate surface area is 145 Å². The number of nitrogens with zero attached hydrogens (tertiary/aromatic N) is 4. The predicted octanol–water partition coefficient (Wildman–Crippen LogP) is 2.63. The van der Waals surface area contributed by atoms with Crippen LogP contribution in [-0.2, 0) is 11.3 Å². The molecule has 3 rings (SSSR count). The van der Waals surface area contributed by atoms with Crippen LogP contribution >= 0.6 is 11.3 Å². The normalized spacial score (nSPS) is 12.1. The quantitative estimate of drug-likeness (QED) is 0.430. The summed E-state index contributed by atoms with van der Waals surface area (Å²) in [7, 11) is 0. The van der Waals surface area contributed by atoms with Gasteiger partial charge in [0, 0.05) is 12.1 Å². The van der Waals surface area contributed by atoms with Crippen molar-refractivity contribution >= 4 is 39.4 Å². The van der Waals surface area contributed by atoms with Gasteiger partial charge in [0.25, 0.3) is 5.69 Å². The Hall–Kier alpha value is -3.33. The molecule has 0 atom stereocenters. The average Bonchev–Trinajstić information content (AvgIpc) is 2.93. The molecule has 3 aromatic rings. The van der Waals surface area contributed by atoms with Crippen molar-refractivity contribution in [2.75, 3.05) is 0 Å². The summed E-state index contributed by atoms with van der Waals surface area (Å²) < 4.78 is 2.49. The summed E-state index contributed by atoms with van der Waals surface area (Å²) in [6.45, 7) is -0.212. The van der Waals surface area contributed by atoms with Gasteiger partial charge in [0.15, 0.2) is 0 Å². The van der Waals surface area contributed by atoms with Gasteiger partial charge < -0.3 is 9.67 Å². The number of fused-ring (bicyclic) bond motifs is 1. The molecule has 0 aliphatic heterocycles. The number of hydrogen-bond acceptors (Lipinski definition) is 6. The zero-order chi connectivity index (χ0) is 17.8. The van der Waals surface area contributed by atoms with Gasteiger partial charge in [-0.1, -0.05) is 23.5 Å². The largest absolute Gasteiger partial charge is 0.480 e. The van der Waals surface area contributed by atoms with Gasteiger partial charge in [-0.25, -0.2) is 0 Å².